The first-order valence-corrected chi connectivity index (χ1v) is 8.78. The van der Waals surface area contributed by atoms with Gasteiger partial charge in [0.2, 0.25) is 11.8 Å². The molecule has 0 N–H and O–H groups in total. The van der Waals surface area contributed by atoms with Crippen LogP contribution in [0.3, 0.4) is 0 Å². The Hall–Kier alpha value is -2.95. The Morgan fingerprint density at radius 3 is 2.58 bits per heavy atom. The molecule has 2 heterocycles. The SMILES string of the molecule is CC(=O)N1C=Cc2ccccc2C1CC(=O)n1ccccc1=NC(C)C. The van der Waals surface area contributed by atoms with Gasteiger partial charge in [-0.2, -0.15) is 0 Å². The fourth-order valence-electron chi connectivity index (χ4n) is 3.19. The van der Waals surface area contributed by atoms with Crippen LogP contribution in [0, 0.1) is 0 Å². The smallest absolute Gasteiger partial charge is 0.234 e. The van der Waals surface area contributed by atoms with Crippen LogP contribution in [-0.2, 0) is 4.79 Å². The minimum Gasteiger partial charge on any atom is -0.311 e. The van der Waals surface area contributed by atoms with Gasteiger partial charge in [0.25, 0.3) is 0 Å². The topological polar surface area (TPSA) is 54.7 Å². The molecule has 1 atom stereocenters. The van der Waals surface area contributed by atoms with Gasteiger partial charge in [0, 0.05) is 25.4 Å². The van der Waals surface area contributed by atoms with Crippen LogP contribution >= 0.6 is 0 Å². The third-order valence-electron chi connectivity index (χ3n) is 4.33. The maximum atomic E-state index is 13.0. The van der Waals surface area contributed by atoms with Crippen molar-refractivity contribution in [1.29, 1.82) is 0 Å². The Kier molecular flexibility index (Phi) is 5.16. The fraction of sp³-hybridized carbons (Fsp3) is 0.286. The highest BCUT2D eigenvalue weighted by Gasteiger charge is 2.28. The molecule has 0 fully saturated rings. The summed E-state index contributed by atoms with van der Waals surface area (Å²) in [6.45, 7) is 5.47. The molecule has 0 saturated carbocycles. The molecular formula is C21H23N3O2. The van der Waals surface area contributed by atoms with Crippen molar-refractivity contribution in [2.24, 2.45) is 4.99 Å². The van der Waals surface area contributed by atoms with Gasteiger partial charge in [-0.3, -0.25) is 19.1 Å². The number of nitrogens with zero attached hydrogens (tertiary/aromatic N) is 3. The molecule has 5 heteroatoms. The van der Waals surface area contributed by atoms with Crippen molar-refractivity contribution in [3.05, 3.63) is 71.5 Å². The molecule has 26 heavy (non-hydrogen) atoms. The first-order chi connectivity index (χ1) is 12.5. The molecule has 134 valence electrons. The summed E-state index contributed by atoms with van der Waals surface area (Å²) in [4.78, 5) is 31.3. The third-order valence-corrected chi connectivity index (χ3v) is 4.33. The van der Waals surface area contributed by atoms with E-state index in [9.17, 15) is 9.59 Å². The minimum atomic E-state index is -0.319. The molecule has 3 rings (SSSR count). The lowest BCUT2D eigenvalue weighted by molar-refractivity contribution is -0.128. The second-order valence-corrected chi connectivity index (χ2v) is 6.64. The second-order valence-electron chi connectivity index (χ2n) is 6.64. The number of pyridine rings is 1. The molecule has 1 aliphatic heterocycles. The van der Waals surface area contributed by atoms with Crippen LogP contribution in [0.2, 0.25) is 0 Å². The largest absolute Gasteiger partial charge is 0.311 e. The monoisotopic (exact) mass is 349 g/mol. The van der Waals surface area contributed by atoms with Crippen LogP contribution in [-0.4, -0.2) is 27.3 Å². The predicted molar refractivity (Wildman–Crippen MR) is 101 cm³/mol. The number of hydrogen-bond acceptors (Lipinski definition) is 3. The fourth-order valence-corrected chi connectivity index (χ4v) is 3.19. The number of carbonyl (C=O) groups excluding carboxylic acids is 2. The van der Waals surface area contributed by atoms with Crippen molar-refractivity contribution in [2.75, 3.05) is 0 Å². The third kappa shape index (κ3) is 3.67. The predicted octanol–water partition coefficient (Wildman–Crippen LogP) is 3.40. The van der Waals surface area contributed by atoms with Crippen molar-refractivity contribution in [3.8, 4) is 0 Å². The molecule has 0 spiro atoms. The molecule has 1 aromatic carbocycles. The lowest BCUT2D eigenvalue weighted by Crippen LogP contribution is -2.35. The van der Waals surface area contributed by atoms with Gasteiger partial charge in [-0.15, -0.1) is 0 Å². The van der Waals surface area contributed by atoms with E-state index in [0.29, 0.717) is 5.49 Å². The average molecular weight is 349 g/mol. The standard InChI is InChI=1S/C21H23N3O2/c1-15(2)22-20-10-6-7-12-24(20)21(26)14-19-18-9-5-4-8-17(18)11-13-23(19)16(3)25/h4-13,15,19H,14H2,1-3H3. The Balaban J connectivity index is 1.98. The van der Waals surface area contributed by atoms with E-state index in [4.69, 9.17) is 0 Å². The summed E-state index contributed by atoms with van der Waals surface area (Å²) in [5, 5.41) is 0. The Morgan fingerprint density at radius 2 is 1.85 bits per heavy atom. The number of aromatic nitrogens is 1. The molecule has 0 saturated heterocycles. The van der Waals surface area contributed by atoms with Gasteiger partial charge in [0.1, 0.15) is 5.49 Å². The Labute approximate surface area is 153 Å². The molecule has 1 aliphatic rings. The van der Waals surface area contributed by atoms with Crippen LogP contribution in [0.25, 0.3) is 6.08 Å². The lowest BCUT2D eigenvalue weighted by Gasteiger charge is -2.32. The van der Waals surface area contributed by atoms with Crippen LogP contribution in [0.4, 0.5) is 0 Å². The van der Waals surface area contributed by atoms with Gasteiger partial charge in [0.05, 0.1) is 12.5 Å². The summed E-state index contributed by atoms with van der Waals surface area (Å²) in [6, 6.07) is 13.1. The summed E-state index contributed by atoms with van der Waals surface area (Å²) in [5.74, 6) is -0.176. The van der Waals surface area contributed by atoms with E-state index in [1.54, 1.807) is 21.9 Å². The molecular weight excluding hydrogens is 326 g/mol. The Bertz CT molecular complexity index is 925. The van der Waals surface area contributed by atoms with E-state index in [1.165, 1.54) is 6.92 Å². The second kappa shape index (κ2) is 7.52. The molecule has 1 unspecified atom stereocenters. The summed E-state index contributed by atoms with van der Waals surface area (Å²) in [6.07, 6.45) is 5.59. The van der Waals surface area contributed by atoms with E-state index in [2.05, 4.69) is 4.99 Å². The van der Waals surface area contributed by atoms with Gasteiger partial charge in [-0.25, -0.2) is 0 Å². The van der Waals surface area contributed by atoms with Crippen LogP contribution in [0.5, 0.6) is 0 Å². The molecule has 0 bridgehead atoms. The van der Waals surface area contributed by atoms with Crippen molar-refractivity contribution in [3.63, 3.8) is 0 Å². The number of fused-ring (bicyclic) bond motifs is 1. The van der Waals surface area contributed by atoms with Gasteiger partial charge in [-0.1, -0.05) is 30.3 Å². The van der Waals surface area contributed by atoms with E-state index in [1.807, 2.05) is 62.4 Å². The maximum absolute atomic E-state index is 13.0. The van der Waals surface area contributed by atoms with E-state index in [0.717, 1.165) is 11.1 Å². The van der Waals surface area contributed by atoms with Gasteiger partial charge >= 0.3 is 0 Å². The van der Waals surface area contributed by atoms with Gasteiger partial charge < -0.3 is 4.90 Å². The molecule has 1 aromatic heterocycles. The Morgan fingerprint density at radius 1 is 1.12 bits per heavy atom. The van der Waals surface area contributed by atoms with Crippen molar-refractivity contribution in [2.45, 2.75) is 39.3 Å². The zero-order chi connectivity index (χ0) is 18.7. The highest BCUT2D eigenvalue weighted by Crippen LogP contribution is 2.33. The molecule has 0 aliphatic carbocycles. The van der Waals surface area contributed by atoms with Gasteiger partial charge in [0.15, 0.2) is 0 Å². The van der Waals surface area contributed by atoms with Crippen LogP contribution in [0.15, 0.2) is 59.9 Å². The quantitative estimate of drug-likeness (QED) is 0.853. The number of rotatable bonds is 3. The molecule has 0 radical (unpaired) electrons. The first-order valence-electron chi connectivity index (χ1n) is 8.78. The average Bonchev–Trinajstić information content (AvgIpc) is 2.61. The molecule has 1 amide bonds. The zero-order valence-corrected chi connectivity index (χ0v) is 15.3. The molecule has 2 aromatic rings. The van der Waals surface area contributed by atoms with E-state index < -0.39 is 0 Å². The highest BCUT2D eigenvalue weighted by molar-refractivity contribution is 5.83. The van der Waals surface area contributed by atoms with Crippen LogP contribution in [0.1, 0.15) is 49.2 Å². The number of benzene rings is 1. The number of hydrogen-bond donors (Lipinski definition) is 0. The van der Waals surface area contributed by atoms with Crippen molar-refractivity contribution in [1.82, 2.24) is 9.47 Å². The normalized spacial score (nSPS) is 16.7. The van der Waals surface area contributed by atoms with Crippen LogP contribution < -0.4 is 5.49 Å². The maximum Gasteiger partial charge on any atom is 0.234 e. The highest BCUT2D eigenvalue weighted by atomic mass is 16.2. The summed E-state index contributed by atoms with van der Waals surface area (Å²) >= 11 is 0. The van der Waals surface area contributed by atoms with Crippen molar-refractivity contribution >= 4 is 17.9 Å². The summed E-state index contributed by atoms with van der Waals surface area (Å²) in [5.41, 5.74) is 2.65. The number of carbonyl (C=O) groups is 2. The zero-order valence-electron chi connectivity index (χ0n) is 15.3. The molecule has 5 nitrogen and oxygen atoms in total. The van der Waals surface area contributed by atoms with E-state index >= 15 is 0 Å². The first kappa shape index (κ1) is 17.9. The van der Waals surface area contributed by atoms with Gasteiger partial charge in [-0.05, 0) is 43.2 Å². The summed E-state index contributed by atoms with van der Waals surface area (Å²) in [7, 11) is 0. The van der Waals surface area contributed by atoms with E-state index in [-0.39, 0.29) is 30.3 Å². The number of amides is 1. The lowest BCUT2D eigenvalue weighted by atomic mass is 9.93. The van der Waals surface area contributed by atoms with Crippen molar-refractivity contribution < 1.29 is 9.59 Å². The summed E-state index contributed by atoms with van der Waals surface area (Å²) < 4.78 is 1.57. The minimum absolute atomic E-state index is 0.0845.